The molecular formula is C15H20N2O2. The van der Waals surface area contributed by atoms with Gasteiger partial charge in [-0.15, -0.1) is 0 Å². The summed E-state index contributed by atoms with van der Waals surface area (Å²) in [4.78, 5) is 11.4. The van der Waals surface area contributed by atoms with Crippen molar-refractivity contribution in [3.05, 3.63) is 47.5 Å². The molecule has 0 saturated heterocycles. The van der Waals surface area contributed by atoms with E-state index in [0.717, 1.165) is 18.5 Å². The van der Waals surface area contributed by atoms with Gasteiger partial charge >= 0.3 is 0 Å². The summed E-state index contributed by atoms with van der Waals surface area (Å²) in [6, 6.07) is 7.91. The van der Waals surface area contributed by atoms with E-state index in [1.54, 1.807) is 7.05 Å². The summed E-state index contributed by atoms with van der Waals surface area (Å²) in [6.45, 7) is 0.983. The summed E-state index contributed by atoms with van der Waals surface area (Å²) in [5.41, 5.74) is 1.82. The van der Waals surface area contributed by atoms with Gasteiger partial charge < -0.3 is 15.7 Å². The van der Waals surface area contributed by atoms with Crippen molar-refractivity contribution >= 4 is 5.91 Å². The highest BCUT2D eigenvalue weighted by Crippen LogP contribution is 2.17. The number of nitrogens with one attached hydrogen (secondary N) is 2. The fourth-order valence-corrected chi connectivity index (χ4v) is 2.23. The Balaban J connectivity index is 1.84. The second kappa shape index (κ2) is 6.50. The van der Waals surface area contributed by atoms with Crippen LogP contribution >= 0.6 is 0 Å². The Morgan fingerprint density at radius 3 is 2.63 bits per heavy atom. The first kappa shape index (κ1) is 13.8. The summed E-state index contributed by atoms with van der Waals surface area (Å²) in [6.07, 6.45) is 5.12. The lowest BCUT2D eigenvalue weighted by atomic mass is 10.1. The van der Waals surface area contributed by atoms with Gasteiger partial charge in [0.2, 0.25) is 0 Å². The third-order valence-electron chi connectivity index (χ3n) is 3.42. The Hall–Kier alpha value is -1.65. The van der Waals surface area contributed by atoms with Gasteiger partial charge in [-0.3, -0.25) is 4.79 Å². The minimum Gasteiger partial charge on any atom is -0.396 e. The van der Waals surface area contributed by atoms with Crippen LogP contribution in [0.25, 0.3) is 0 Å². The maximum Gasteiger partial charge on any atom is 0.251 e. The van der Waals surface area contributed by atoms with Crippen LogP contribution < -0.4 is 10.6 Å². The van der Waals surface area contributed by atoms with Gasteiger partial charge in [0.05, 0.1) is 0 Å². The maximum absolute atomic E-state index is 11.4. The Morgan fingerprint density at radius 2 is 2.05 bits per heavy atom. The number of carbonyl (C=O) groups excluding carboxylic acids is 1. The molecular weight excluding hydrogens is 240 g/mol. The molecule has 0 fully saturated rings. The minimum absolute atomic E-state index is 0.0657. The third-order valence-corrected chi connectivity index (χ3v) is 3.42. The average molecular weight is 260 g/mol. The van der Waals surface area contributed by atoms with Crippen LogP contribution in [0.15, 0.2) is 36.4 Å². The van der Waals surface area contributed by atoms with E-state index in [1.807, 2.05) is 24.3 Å². The van der Waals surface area contributed by atoms with Gasteiger partial charge in [-0.25, -0.2) is 0 Å². The first-order valence-electron chi connectivity index (χ1n) is 6.56. The average Bonchev–Trinajstić information content (AvgIpc) is 2.93. The van der Waals surface area contributed by atoms with Crippen molar-refractivity contribution in [1.29, 1.82) is 0 Å². The van der Waals surface area contributed by atoms with Gasteiger partial charge in [0.1, 0.15) is 0 Å². The fourth-order valence-electron chi connectivity index (χ4n) is 2.23. The Labute approximate surface area is 113 Å². The molecule has 2 atom stereocenters. The van der Waals surface area contributed by atoms with Crippen LogP contribution in [-0.4, -0.2) is 30.7 Å². The van der Waals surface area contributed by atoms with Crippen molar-refractivity contribution in [3.8, 4) is 0 Å². The van der Waals surface area contributed by atoms with Crippen LogP contribution in [0.3, 0.4) is 0 Å². The zero-order valence-electron chi connectivity index (χ0n) is 11.1. The summed E-state index contributed by atoms with van der Waals surface area (Å²) >= 11 is 0. The van der Waals surface area contributed by atoms with Crippen LogP contribution in [0.4, 0.5) is 0 Å². The van der Waals surface area contributed by atoms with E-state index in [2.05, 4.69) is 22.8 Å². The number of amides is 1. The first-order valence-corrected chi connectivity index (χ1v) is 6.56. The molecule has 0 saturated carbocycles. The zero-order chi connectivity index (χ0) is 13.7. The van der Waals surface area contributed by atoms with E-state index >= 15 is 0 Å². The summed E-state index contributed by atoms with van der Waals surface area (Å²) in [7, 11) is 1.63. The van der Waals surface area contributed by atoms with Crippen LogP contribution in [0.5, 0.6) is 0 Å². The minimum atomic E-state index is -0.0657. The molecule has 0 bridgehead atoms. The predicted molar refractivity (Wildman–Crippen MR) is 74.8 cm³/mol. The van der Waals surface area contributed by atoms with E-state index in [4.69, 9.17) is 5.11 Å². The smallest absolute Gasteiger partial charge is 0.251 e. The standard InChI is InChI=1S/C15H20N2O2/c1-16-15(19)13-5-2-11(3-6-13)9-17-14-7-4-12(8-14)10-18/h2-7,12,14,17-18H,8-10H2,1H3,(H,16,19)/t12-,14+/m0/s1. The van der Waals surface area contributed by atoms with Crippen molar-refractivity contribution in [3.63, 3.8) is 0 Å². The molecule has 0 radical (unpaired) electrons. The molecule has 0 heterocycles. The van der Waals surface area contributed by atoms with E-state index in [-0.39, 0.29) is 18.4 Å². The largest absolute Gasteiger partial charge is 0.396 e. The number of hydrogen-bond acceptors (Lipinski definition) is 3. The number of benzene rings is 1. The SMILES string of the molecule is CNC(=O)c1ccc(CN[C@@H]2C=C[C@H](CO)C2)cc1. The molecule has 0 aliphatic heterocycles. The highest BCUT2D eigenvalue weighted by molar-refractivity contribution is 5.93. The summed E-state index contributed by atoms with van der Waals surface area (Å²) in [5, 5.41) is 15.1. The molecule has 4 heteroatoms. The van der Waals surface area contributed by atoms with Gasteiger partial charge in [-0.2, -0.15) is 0 Å². The fraction of sp³-hybridized carbons (Fsp3) is 0.400. The lowest BCUT2D eigenvalue weighted by Crippen LogP contribution is -2.26. The highest BCUT2D eigenvalue weighted by atomic mass is 16.3. The highest BCUT2D eigenvalue weighted by Gasteiger charge is 2.17. The number of rotatable bonds is 5. The topological polar surface area (TPSA) is 61.4 Å². The normalized spacial score (nSPS) is 21.6. The van der Waals surface area contributed by atoms with Crippen LogP contribution in [0, 0.1) is 5.92 Å². The molecule has 2 rings (SSSR count). The zero-order valence-corrected chi connectivity index (χ0v) is 11.1. The van der Waals surface area contributed by atoms with Gasteiger partial charge in [-0.1, -0.05) is 24.3 Å². The van der Waals surface area contributed by atoms with Crippen molar-refractivity contribution in [2.24, 2.45) is 5.92 Å². The van der Waals surface area contributed by atoms with Gasteiger partial charge in [0, 0.05) is 37.7 Å². The molecule has 1 amide bonds. The Kier molecular flexibility index (Phi) is 4.71. The third kappa shape index (κ3) is 3.66. The lowest BCUT2D eigenvalue weighted by molar-refractivity contribution is 0.0963. The Morgan fingerprint density at radius 1 is 1.32 bits per heavy atom. The number of aliphatic hydroxyl groups is 1. The maximum atomic E-state index is 11.4. The van der Waals surface area contributed by atoms with E-state index < -0.39 is 0 Å². The quantitative estimate of drug-likeness (QED) is 0.694. The van der Waals surface area contributed by atoms with E-state index in [1.165, 1.54) is 0 Å². The monoisotopic (exact) mass is 260 g/mol. The lowest BCUT2D eigenvalue weighted by Gasteiger charge is -2.12. The van der Waals surface area contributed by atoms with Crippen molar-refractivity contribution in [2.45, 2.75) is 19.0 Å². The molecule has 19 heavy (non-hydrogen) atoms. The van der Waals surface area contributed by atoms with Gasteiger partial charge in [0.25, 0.3) is 5.91 Å². The first-order chi connectivity index (χ1) is 9.22. The van der Waals surface area contributed by atoms with Gasteiger partial charge in [0.15, 0.2) is 0 Å². The van der Waals surface area contributed by atoms with Crippen LogP contribution in [0.2, 0.25) is 0 Å². The predicted octanol–water partition coefficient (Wildman–Crippen LogP) is 1.07. The number of carbonyl (C=O) groups is 1. The van der Waals surface area contributed by atoms with Crippen molar-refractivity contribution < 1.29 is 9.90 Å². The molecule has 102 valence electrons. The molecule has 1 aliphatic rings. The molecule has 0 unspecified atom stereocenters. The van der Waals surface area contributed by atoms with E-state index in [0.29, 0.717) is 11.6 Å². The molecule has 1 aromatic rings. The number of hydrogen-bond donors (Lipinski definition) is 3. The number of aliphatic hydroxyl groups excluding tert-OH is 1. The van der Waals surface area contributed by atoms with Gasteiger partial charge in [-0.05, 0) is 24.1 Å². The molecule has 3 N–H and O–H groups in total. The van der Waals surface area contributed by atoms with Crippen molar-refractivity contribution in [2.75, 3.05) is 13.7 Å². The van der Waals surface area contributed by atoms with Crippen molar-refractivity contribution in [1.82, 2.24) is 10.6 Å². The second-order valence-corrected chi connectivity index (χ2v) is 4.83. The molecule has 0 spiro atoms. The van der Waals surface area contributed by atoms with Crippen LogP contribution in [-0.2, 0) is 6.54 Å². The summed E-state index contributed by atoms with van der Waals surface area (Å²) < 4.78 is 0. The summed E-state index contributed by atoms with van der Waals surface area (Å²) in [5.74, 6) is 0.220. The van der Waals surface area contributed by atoms with E-state index in [9.17, 15) is 4.79 Å². The molecule has 4 nitrogen and oxygen atoms in total. The second-order valence-electron chi connectivity index (χ2n) is 4.83. The molecule has 1 aliphatic carbocycles. The van der Waals surface area contributed by atoms with Crippen LogP contribution in [0.1, 0.15) is 22.3 Å². The molecule has 1 aromatic carbocycles. The molecule has 0 aromatic heterocycles. The Bertz CT molecular complexity index is 454.